The summed E-state index contributed by atoms with van der Waals surface area (Å²) >= 11 is 0. The lowest BCUT2D eigenvalue weighted by molar-refractivity contribution is 0.100. The first-order valence-electron chi connectivity index (χ1n) is 6.13. The fraction of sp³-hybridized carbons (Fsp3) is 1.00. The molecule has 15 heavy (non-hydrogen) atoms. The Bertz CT molecular complexity index is 162. The molecular formula is C12H25NO2. The Labute approximate surface area is 93.4 Å². The van der Waals surface area contributed by atoms with Crippen molar-refractivity contribution >= 4 is 0 Å². The molecule has 1 aliphatic rings. The van der Waals surface area contributed by atoms with Crippen LogP contribution in [0.15, 0.2) is 0 Å². The molecule has 3 nitrogen and oxygen atoms in total. The van der Waals surface area contributed by atoms with Crippen LogP contribution < -0.4 is 0 Å². The maximum atomic E-state index is 9.00. The van der Waals surface area contributed by atoms with Gasteiger partial charge in [0.25, 0.3) is 0 Å². The van der Waals surface area contributed by atoms with Gasteiger partial charge in [-0.15, -0.1) is 0 Å². The molecule has 1 rings (SSSR count). The Morgan fingerprint density at radius 2 is 2.20 bits per heavy atom. The van der Waals surface area contributed by atoms with Gasteiger partial charge in [-0.2, -0.15) is 0 Å². The molecule has 1 aliphatic heterocycles. The Hall–Kier alpha value is -0.120. The second-order valence-electron chi connectivity index (χ2n) is 4.93. The zero-order valence-electron chi connectivity index (χ0n) is 10.1. The van der Waals surface area contributed by atoms with Gasteiger partial charge in [0.2, 0.25) is 0 Å². The van der Waals surface area contributed by atoms with Crippen molar-refractivity contribution in [2.24, 2.45) is 11.8 Å². The highest BCUT2D eigenvalue weighted by molar-refractivity contribution is 4.74. The molecule has 1 N–H and O–H groups in total. The third kappa shape index (κ3) is 5.50. The van der Waals surface area contributed by atoms with E-state index in [0.29, 0.717) is 12.5 Å². The number of aliphatic hydroxyl groups is 1. The van der Waals surface area contributed by atoms with E-state index in [1.807, 2.05) is 0 Å². The predicted molar refractivity (Wildman–Crippen MR) is 61.9 cm³/mol. The first kappa shape index (κ1) is 12.9. The van der Waals surface area contributed by atoms with Gasteiger partial charge in [0.15, 0.2) is 0 Å². The van der Waals surface area contributed by atoms with Crippen LogP contribution in [0.5, 0.6) is 0 Å². The molecular weight excluding hydrogens is 190 g/mol. The van der Waals surface area contributed by atoms with E-state index < -0.39 is 0 Å². The van der Waals surface area contributed by atoms with Crippen molar-refractivity contribution in [3.63, 3.8) is 0 Å². The number of nitrogens with zero attached hydrogens (tertiary/aromatic N) is 1. The Morgan fingerprint density at radius 3 is 2.80 bits per heavy atom. The molecule has 0 aromatic rings. The molecule has 0 spiro atoms. The van der Waals surface area contributed by atoms with E-state index in [2.05, 4.69) is 18.7 Å². The van der Waals surface area contributed by atoms with Gasteiger partial charge >= 0.3 is 0 Å². The van der Waals surface area contributed by atoms with Crippen LogP contribution >= 0.6 is 0 Å². The number of hydrogen-bond donors (Lipinski definition) is 1. The zero-order valence-corrected chi connectivity index (χ0v) is 10.1. The van der Waals surface area contributed by atoms with Gasteiger partial charge in [-0.05, 0) is 31.2 Å². The van der Waals surface area contributed by atoms with Crippen LogP contribution in [0.25, 0.3) is 0 Å². The molecule has 1 unspecified atom stereocenters. The average Bonchev–Trinajstić information content (AvgIpc) is 2.65. The maximum absolute atomic E-state index is 9.00. The quantitative estimate of drug-likeness (QED) is 0.651. The van der Waals surface area contributed by atoms with Crippen LogP contribution in [0, 0.1) is 11.8 Å². The monoisotopic (exact) mass is 215 g/mol. The molecule has 0 aliphatic carbocycles. The largest absolute Gasteiger partial charge is 0.396 e. The van der Waals surface area contributed by atoms with Crippen LogP contribution in [0.1, 0.15) is 26.7 Å². The summed E-state index contributed by atoms with van der Waals surface area (Å²) in [6, 6.07) is 0. The third-order valence-electron chi connectivity index (χ3n) is 3.02. The van der Waals surface area contributed by atoms with Crippen molar-refractivity contribution in [1.29, 1.82) is 0 Å². The van der Waals surface area contributed by atoms with E-state index in [4.69, 9.17) is 9.84 Å². The number of aliphatic hydroxyl groups excluding tert-OH is 1. The zero-order chi connectivity index (χ0) is 11.1. The molecule has 3 heteroatoms. The van der Waals surface area contributed by atoms with Gasteiger partial charge in [-0.25, -0.2) is 0 Å². The third-order valence-corrected chi connectivity index (χ3v) is 3.02. The summed E-state index contributed by atoms with van der Waals surface area (Å²) < 4.78 is 5.57. The minimum Gasteiger partial charge on any atom is -0.396 e. The summed E-state index contributed by atoms with van der Waals surface area (Å²) in [5, 5.41) is 9.00. The van der Waals surface area contributed by atoms with E-state index >= 15 is 0 Å². The molecule has 1 fully saturated rings. The first-order valence-corrected chi connectivity index (χ1v) is 6.13. The minimum absolute atomic E-state index is 0.338. The van der Waals surface area contributed by atoms with Gasteiger partial charge in [-0.1, -0.05) is 13.8 Å². The van der Waals surface area contributed by atoms with Crippen molar-refractivity contribution in [3.8, 4) is 0 Å². The molecule has 0 amide bonds. The van der Waals surface area contributed by atoms with Crippen LogP contribution in [-0.4, -0.2) is 49.5 Å². The minimum atomic E-state index is 0.338. The van der Waals surface area contributed by atoms with Crippen molar-refractivity contribution in [1.82, 2.24) is 4.90 Å². The molecule has 1 saturated heterocycles. The van der Waals surface area contributed by atoms with Gasteiger partial charge in [0, 0.05) is 26.3 Å². The van der Waals surface area contributed by atoms with E-state index in [9.17, 15) is 0 Å². The maximum Gasteiger partial charge on any atom is 0.0593 e. The fourth-order valence-corrected chi connectivity index (χ4v) is 1.88. The lowest BCUT2D eigenvalue weighted by atomic mass is 10.1. The van der Waals surface area contributed by atoms with Crippen LogP contribution in [0.3, 0.4) is 0 Å². The van der Waals surface area contributed by atoms with Crippen molar-refractivity contribution < 1.29 is 9.84 Å². The summed E-state index contributed by atoms with van der Waals surface area (Å²) in [5.74, 6) is 1.23. The summed E-state index contributed by atoms with van der Waals surface area (Å²) in [6.45, 7) is 9.69. The Morgan fingerprint density at radius 1 is 1.40 bits per heavy atom. The standard InChI is InChI=1S/C12H25NO2/c1-11(2)4-7-15-8-6-13-5-3-12(9-13)10-14/h11-12,14H,3-10H2,1-2H3. The van der Waals surface area contributed by atoms with Gasteiger partial charge < -0.3 is 14.7 Å². The summed E-state index contributed by atoms with van der Waals surface area (Å²) in [7, 11) is 0. The van der Waals surface area contributed by atoms with E-state index in [1.165, 1.54) is 0 Å². The number of ether oxygens (including phenoxy) is 1. The topological polar surface area (TPSA) is 32.7 Å². The molecule has 0 saturated carbocycles. The van der Waals surface area contributed by atoms with E-state index in [0.717, 1.165) is 51.6 Å². The molecule has 1 heterocycles. The number of rotatable bonds is 7. The summed E-state index contributed by atoms with van der Waals surface area (Å²) in [5.41, 5.74) is 0. The molecule has 0 aromatic heterocycles. The first-order chi connectivity index (χ1) is 7.22. The highest BCUT2D eigenvalue weighted by Crippen LogP contribution is 2.14. The van der Waals surface area contributed by atoms with Crippen molar-refractivity contribution in [3.05, 3.63) is 0 Å². The molecule has 1 atom stereocenters. The van der Waals surface area contributed by atoms with E-state index in [-0.39, 0.29) is 0 Å². The Kier molecular flexibility index (Phi) is 6.22. The summed E-state index contributed by atoms with van der Waals surface area (Å²) in [4.78, 5) is 2.39. The lowest BCUT2D eigenvalue weighted by Gasteiger charge is -2.15. The van der Waals surface area contributed by atoms with Crippen LogP contribution in [-0.2, 0) is 4.74 Å². The molecule has 0 radical (unpaired) electrons. The second kappa shape index (κ2) is 7.20. The fourth-order valence-electron chi connectivity index (χ4n) is 1.88. The highest BCUT2D eigenvalue weighted by atomic mass is 16.5. The molecule has 0 bridgehead atoms. The SMILES string of the molecule is CC(C)CCOCCN1CCC(CO)C1. The molecule has 0 aromatic carbocycles. The van der Waals surface area contributed by atoms with Gasteiger partial charge in [-0.3, -0.25) is 0 Å². The van der Waals surface area contributed by atoms with E-state index in [1.54, 1.807) is 0 Å². The lowest BCUT2D eigenvalue weighted by Crippen LogP contribution is -2.26. The number of likely N-dealkylation sites (tertiary alicyclic amines) is 1. The van der Waals surface area contributed by atoms with Gasteiger partial charge in [0.1, 0.15) is 0 Å². The second-order valence-corrected chi connectivity index (χ2v) is 4.93. The van der Waals surface area contributed by atoms with Gasteiger partial charge in [0.05, 0.1) is 6.61 Å². The highest BCUT2D eigenvalue weighted by Gasteiger charge is 2.20. The van der Waals surface area contributed by atoms with Crippen LogP contribution in [0.4, 0.5) is 0 Å². The molecule has 90 valence electrons. The predicted octanol–water partition coefficient (Wildman–Crippen LogP) is 1.36. The Balaban J connectivity index is 1.92. The smallest absolute Gasteiger partial charge is 0.0593 e. The summed E-state index contributed by atoms with van der Waals surface area (Å²) in [6.07, 6.45) is 2.29. The van der Waals surface area contributed by atoms with Crippen molar-refractivity contribution in [2.75, 3.05) is 39.5 Å². The number of hydrogen-bond acceptors (Lipinski definition) is 3. The van der Waals surface area contributed by atoms with Crippen molar-refractivity contribution in [2.45, 2.75) is 26.7 Å². The van der Waals surface area contributed by atoms with Crippen LogP contribution in [0.2, 0.25) is 0 Å². The normalized spacial score (nSPS) is 22.8. The average molecular weight is 215 g/mol.